The predicted octanol–water partition coefficient (Wildman–Crippen LogP) is 4.01. The minimum atomic E-state index is -0.501. The minimum Gasteiger partial charge on any atom is -0.507 e. The number of aromatic hydroxyl groups is 1. The van der Waals surface area contributed by atoms with E-state index in [4.69, 9.17) is 13.9 Å². The lowest BCUT2D eigenvalue weighted by atomic mass is 9.94. The Balaban J connectivity index is 1.77. The summed E-state index contributed by atoms with van der Waals surface area (Å²) in [5.41, 5.74) is 0.642. The minimum absolute atomic E-state index is 0.0325. The molecule has 6 heteroatoms. The van der Waals surface area contributed by atoms with Crippen LogP contribution in [0.5, 0.6) is 5.75 Å². The molecule has 2 heterocycles. The zero-order valence-electron chi connectivity index (χ0n) is 12.5. The van der Waals surface area contributed by atoms with Crippen LogP contribution in [0, 0.1) is 0 Å². The van der Waals surface area contributed by atoms with Crippen LogP contribution < -0.4 is 5.63 Å². The van der Waals surface area contributed by atoms with Crippen molar-refractivity contribution >= 4 is 26.9 Å². The SMILES string of the molecule is O=c1cc(C2COC3(CCCCC3)O2)c2cc(Br)c(O)cc2o1. The Morgan fingerprint density at radius 2 is 1.96 bits per heavy atom. The average Bonchev–Trinajstić information content (AvgIpc) is 2.92. The van der Waals surface area contributed by atoms with E-state index in [0.29, 0.717) is 16.7 Å². The van der Waals surface area contributed by atoms with Crippen molar-refractivity contribution in [1.82, 2.24) is 0 Å². The molecule has 0 bridgehead atoms. The summed E-state index contributed by atoms with van der Waals surface area (Å²) in [5.74, 6) is -0.468. The molecule has 1 aromatic carbocycles. The predicted molar refractivity (Wildman–Crippen MR) is 87.4 cm³/mol. The molecule has 1 aliphatic heterocycles. The van der Waals surface area contributed by atoms with Crippen molar-refractivity contribution in [3.8, 4) is 5.75 Å². The highest BCUT2D eigenvalue weighted by Crippen LogP contribution is 2.44. The van der Waals surface area contributed by atoms with Gasteiger partial charge in [0.25, 0.3) is 0 Å². The molecular weight excluding hydrogens is 364 g/mol. The molecule has 1 aliphatic carbocycles. The third-order valence-corrected chi connectivity index (χ3v) is 5.30. The zero-order valence-corrected chi connectivity index (χ0v) is 14.1. The lowest BCUT2D eigenvalue weighted by Crippen LogP contribution is -2.32. The summed E-state index contributed by atoms with van der Waals surface area (Å²) in [6.45, 7) is 0.428. The fourth-order valence-electron chi connectivity index (χ4n) is 3.52. The summed E-state index contributed by atoms with van der Waals surface area (Å²) in [5, 5.41) is 10.5. The quantitative estimate of drug-likeness (QED) is 0.756. The monoisotopic (exact) mass is 380 g/mol. The summed E-state index contributed by atoms with van der Waals surface area (Å²) in [6.07, 6.45) is 4.91. The van der Waals surface area contributed by atoms with Gasteiger partial charge >= 0.3 is 5.63 Å². The number of rotatable bonds is 1. The van der Waals surface area contributed by atoms with Crippen LogP contribution in [-0.4, -0.2) is 17.5 Å². The van der Waals surface area contributed by atoms with E-state index in [0.717, 1.165) is 36.6 Å². The highest BCUT2D eigenvalue weighted by molar-refractivity contribution is 9.10. The first-order valence-corrected chi connectivity index (χ1v) is 8.64. The van der Waals surface area contributed by atoms with Crippen molar-refractivity contribution in [1.29, 1.82) is 0 Å². The zero-order chi connectivity index (χ0) is 16.0. The Bertz CT molecular complexity index is 806. The van der Waals surface area contributed by atoms with Crippen LogP contribution >= 0.6 is 15.9 Å². The molecule has 4 rings (SSSR count). The maximum Gasteiger partial charge on any atom is 0.336 e. The van der Waals surface area contributed by atoms with Gasteiger partial charge in [-0.1, -0.05) is 6.42 Å². The van der Waals surface area contributed by atoms with Crippen LogP contribution in [0.1, 0.15) is 43.8 Å². The first kappa shape index (κ1) is 15.2. The second-order valence-electron chi connectivity index (χ2n) is 6.21. The van der Waals surface area contributed by atoms with Gasteiger partial charge in [-0.15, -0.1) is 0 Å². The number of hydrogen-bond donors (Lipinski definition) is 1. The van der Waals surface area contributed by atoms with E-state index >= 15 is 0 Å². The van der Waals surface area contributed by atoms with E-state index in [9.17, 15) is 9.90 Å². The summed E-state index contributed by atoms with van der Waals surface area (Å²) in [4.78, 5) is 11.9. The second-order valence-corrected chi connectivity index (χ2v) is 7.06. The molecule has 1 aromatic heterocycles. The summed E-state index contributed by atoms with van der Waals surface area (Å²) in [7, 11) is 0. The molecule has 2 fully saturated rings. The van der Waals surface area contributed by atoms with Crippen LogP contribution in [0.2, 0.25) is 0 Å². The molecule has 5 nitrogen and oxygen atoms in total. The number of hydrogen-bond acceptors (Lipinski definition) is 5. The molecule has 1 saturated heterocycles. The van der Waals surface area contributed by atoms with Crippen LogP contribution in [-0.2, 0) is 9.47 Å². The maximum atomic E-state index is 11.9. The Morgan fingerprint density at radius 1 is 1.17 bits per heavy atom. The van der Waals surface area contributed by atoms with Gasteiger partial charge in [-0.2, -0.15) is 0 Å². The van der Waals surface area contributed by atoms with Gasteiger partial charge in [-0.25, -0.2) is 4.79 Å². The highest BCUT2D eigenvalue weighted by Gasteiger charge is 2.43. The van der Waals surface area contributed by atoms with Crippen LogP contribution in [0.4, 0.5) is 0 Å². The van der Waals surface area contributed by atoms with Crippen LogP contribution in [0.25, 0.3) is 11.0 Å². The molecular formula is C17H17BrO5. The molecule has 1 saturated carbocycles. The Kier molecular flexibility index (Phi) is 3.70. The van der Waals surface area contributed by atoms with Gasteiger partial charge in [0.05, 0.1) is 11.1 Å². The van der Waals surface area contributed by atoms with Gasteiger partial charge in [0.2, 0.25) is 0 Å². The van der Waals surface area contributed by atoms with Gasteiger partial charge in [0.1, 0.15) is 17.4 Å². The van der Waals surface area contributed by atoms with Crippen molar-refractivity contribution in [2.24, 2.45) is 0 Å². The van der Waals surface area contributed by atoms with Crippen molar-refractivity contribution in [2.45, 2.75) is 44.0 Å². The lowest BCUT2D eigenvalue weighted by Gasteiger charge is -2.31. The van der Waals surface area contributed by atoms with Crippen molar-refractivity contribution < 1.29 is 19.0 Å². The number of halogens is 1. The molecule has 0 radical (unpaired) electrons. The van der Waals surface area contributed by atoms with Crippen LogP contribution in [0.3, 0.4) is 0 Å². The molecule has 1 atom stereocenters. The number of phenolic OH excluding ortho intramolecular Hbond substituents is 1. The Labute approximate surface area is 141 Å². The van der Waals surface area contributed by atoms with E-state index in [1.807, 2.05) is 0 Å². The molecule has 0 amide bonds. The third kappa shape index (κ3) is 2.69. The number of phenols is 1. The van der Waals surface area contributed by atoms with Crippen molar-refractivity contribution in [2.75, 3.05) is 6.61 Å². The van der Waals surface area contributed by atoms with E-state index in [1.165, 1.54) is 18.6 Å². The fraction of sp³-hybridized carbons (Fsp3) is 0.471. The number of ether oxygens (including phenoxy) is 2. The Hall–Kier alpha value is -1.37. The lowest BCUT2D eigenvalue weighted by molar-refractivity contribution is -0.187. The Morgan fingerprint density at radius 3 is 2.74 bits per heavy atom. The number of benzene rings is 1. The van der Waals surface area contributed by atoms with E-state index < -0.39 is 11.4 Å². The highest BCUT2D eigenvalue weighted by atomic mass is 79.9. The van der Waals surface area contributed by atoms with Gasteiger partial charge in [-0.3, -0.25) is 0 Å². The second kappa shape index (κ2) is 5.61. The normalized spacial score (nSPS) is 23.6. The van der Waals surface area contributed by atoms with Gasteiger partial charge < -0.3 is 19.0 Å². The van der Waals surface area contributed by atoms with Gasteiger partial charge in [0, 0.05) is 35.9 Å². The largest absolute Gasteiger partial charge is 0.507 e. The first-order chi connectivity index (χ1) is 11.1. The molecule has 1 unspecified atom stereocenters. The van der Waals surface area contributed by atoms with E-state index in [1.54, 1.807) is 6.07 Å². The van der Waals surface area contributed by atoms with Gasteiger partial charge in [-0.05, 0) is 34.8 Å². The summed E-state index contributed by atoms with van der Waals surface area (Å²) >= 11 is 3.31. The fourth-order valence-corrected chi connectivity index (χ4v) is 3.87. The summed E-state index contributed by atoms with van der Waals surface area (Å²) in [6, 6.07) is 4.65. The number of fused-ring (bicyclic) bond motifs is 1. The molecule has 1 spiro atoms. The maximum absolute atomic E-state index is 11.9. The van der Waals surface area contributed by atoms with Crippen molar-refractivity contribution in [3.05, 3.63) is 38.7 Å². The molecule has 23 heavy (non-hydrogen) atoms. The topological polar surface area (TPSA) is 68.9 Å². The standard InChI is InChI=1S/C17H17BrO5/c18-12-6-10-11(7-16(20)22-14(10)8-13(12)19)15-9-21-17(23-15)4-2-1-3-5-17/h6-8,15,19H,1-5,9H2. The third-order valence-electron chi connectivity index (χ3n) is 4.66. The van der Waals surface area contributed by atoms with Crippen LogP contribution in [0.15, 0.2) is 31.9 Å². The van der Waals surface area contributed by atoms with E-state index in [2.05, 4.69) is 15.9 Å². The molecule has 2 aliphatic rings. The summed E-state index contributed by atoms with van der Waals surface area (Å²) < 4.78 is 18.0. The van der Waals surface area contributed by atoms with Crippen molar-refractivity contribution in [3.63, 3.8) is 0 Å². The van der Waals surface area contributed by atoms with E-state index in [-0.39, 0.29) is 11.9 Å². The molecule has 1 N–H and O–H groups in total. The average molecular weight is 381 g/mol. The molecule has 2 aromatic rings. The smallest absolute Gasteiger partial charge is 0.336 e. The first-order valence-electron chi connectivity index (χ1n) is 7.84. The van der Waals surface area contributed by atoms with Gasteiger partial charge in [0.15, 0.2) is 5.79 Å². The molecule has 122 valence electrons.